The molecule has 16 heavy (non-hydrogen) atoms. The maximum Gasteiger partial charge on any atom is 0.185 e. The van der Waals surface area contributed by atoms with Crippen LogP contribution in [0.2, 0.25) is 0 Å². The lowest BCUT2D eigenvalue weighted by Crippen LogP contribution is -2.13. The minimum absolute atomic E-state index is 0.0763. The van der Waals surface area contributed by atoms with Gasteiger partial charge in [0.2, 0.25) is 0 Å². The Hall–Kier alpha value is -1.36. The first-order chi connectivity index (χ1) is 7.72. The number of aryl methyl sites for hydroxylation is 1. The van der Waals surface area contributed by atoms with Crippen molar-refractivity contribution >= 4 is 5.78 Å². The van der Waals surface area contributed by atoms with E-state index < -0.39 is 0 Å². The molecule has 0 aliphatic carbocycles. The fourth-order valence-electron chi connectivity index (χ4n) is 1.99. The molecule has 2 heterocycles. The second-order valence-corrected chi connectivity index (χ2v) is 4.04. The number of rotatable bonds is 4. The van der Waals surface area contributed by atoms with Gasteiger partial charge in [-0.2, -0.15) is 5.10 Å². The van der Waals surface area contributed by atoms with Crippen molar-refractivity contribution in [2.24, 2.45) is 13.0 Å². The van der Waals surface area contributed by atoms with E-state index in [2.05, 4.69) is 5.10 Å². The SMILES string of the molecule is COc1cnn(C)c1C(=O)CC1CCOC1. The smallest absolute Gasteiger partial charge is 0.185 e. The second-order valence-electron chi connectivity index (χ2n) is 4.04. The van der Waals surface area contributed by atoms with Gasteiger partial charge in [0.25, 0.3) is 0 Å². The Morgan fingerprint density at radius 2 is 2.56 bits per heavy atom. The lowest BCUT2D eigenvalue weighted by molar-refractivity contribution is 0.0940. The molecular weight excluding hydrogens is 208 g/mol. The van der Waals surface area contributed by atoms with Gasteiger partial charge in [0.05, 0.1) is 13.3 Å². The van der Waals surface area contributed by atoms with Crippen molar-refractivity contribution in [3.05, 3.63) is 11.9 Å². The summed E-state index contributed by atoms with van der Waals surface area (Å²) in [6, 6.07) is 0. The van der Waals surface area contributed by atoms with Crippen molar-refractivity contribution in [1.82, 2.24) is 9.78 Å². The molecule has 0 aromatic carbocycles. The zero-order valence-corrected chi connectivity index (χ0v) is 9.60. The van der Waals surface area contributed by atoms with Crippen molar-refractivity contribution in [3.63, 3.8) is 0 Å². The molecule has 0 bridgehead atoms. The fourth-order valence-corrected chi connectivity index (χ4v) is 1.99. The Bertz CT molecular complexity index is 381. The Labute approximate surface area is 94.3 Å². The Kier molecular flexibility index (Phi) is 3.24. The predicted molar refractivity (Wildman–Crippen MR) is 57.6 cm³/mol. The molecule has 1 saturated heterocycles. The van der Waals surface area contributed by atoms with Crippen molar-refractivity contribution in [3.8, 4) is 5.75 Å². The molecule has 0 saturated carbocycles. The molecule has 0 N–H and O–H groups in total. The van der Waals surface area contributed by atoms with Gasteiger partial charge in [-0.3, -0.25) is 9.48 Å². The zero-order valence-electron chi connectivity index (χ0n) is 9.60. The van der Waals surface area contributed by atoms with Gasteiger partial charge < -0.3 is 9.47 Å². The fraction of sp³-hybridized carbons (Fsp3) is 0.636. The molecule has 5 heteroatoms. The first-order valence-corrected chi connectivity index (χ1v) is 5.39. The van der Waals surface area contributed by atoms with Gasteiger partial charge in [0, 0.05) is 26.7 Å². The molecule has 0 spiro atoms. The van der Waals surface area contributed by atoms with E-state index in [0.717, 1.165) is 13.0 Å². The van der Waals surface area contributed by atoms with E-state index in [1.807, 2.05) is 0 Å². The third kappa shape index (κ3) is 2.09. The highest BCUT2D eigenvalue weighted by molar-refractivity contribution is 5.97. The largest absolute Gasteiger partial charge is 0.493 e. The Balaban J connectivity index is 2.10. The van der Waals surface area contributed by atoms with E-state index in [9.17, 15) is 4.79 Å². The van der Waals surface area contributed by atoms with E-state index >= 15 is 0 Å². The molecule has 1 unspecified atom stereocenters. The van der Waals surface area contributed by atoms with E-state index in [4.69, 9.17) is 9.47 Å². The number of Topliss-reactive ketones (excluding diaryl/α,β-unsaturated/α-hetero) is 1. The van der Waals surface area contributed by atoms with Gasteiger partial charge >= 0.3 is 0 Å². The summed E-state index contributed by atoms with van der Waals surface area (Å²) < 4.78 is 11.9. The minimum atomic E-state index is 0.0763. The maximum absolute atomic E-state index is 12.1. The van der Waals surface area contributed by atoms with Crippen molar-refractivity contribution < 1.29 is 14.3 Å². The third-order valence-electron chi connectivity index (χ3n) is 2.89. The third-order valence-corrected chi connectivity index (χ3v) is 2.89. The first kappa shape index (κ1) is 11.1. The van der Waals surface area contributed by atoms with Crippen molar-refractivity contribution in [2.45, 2.75) is 12.8 Å². The zero-order chi connectivity index (χ0) is 11.5. The molecular formula is C11H16N2O3. The first-order valence-electron chi connectivity index (χ1n) is 5.39. The maximum atomic E-state index is 12.1. The van der Waals surface area contributed by atoms with Crippen LogP contribution in [0.25, 0.3) is 0 Å². The van der Waals surface area contributed by atoms with Gasteiger partial charge in [-0.15, -0.1) is 0 Å². The summed E-state index contributed by atoms with van der Waals surface area (Å²) in [6.07, 6.45) is 3.04. The number of carbonyl (C=O) groups excluding carboxylic acids is 1. The highest BCUT2D eigenvalue weighted by Gasteiger charge is 2.24. The topological polar surface area (TPSA) is 53.4 Å². The second kappa shape index (κ2) is 4.65. The number of nitrogens with zero attached hydrogens (tertiary/aromatic N) is 2. The molecule has 1 aromatic heterocycles. The van der Waals surface area contributed by atoms with Gasteiger partial charge in [0.15, 0.2) is 11.5 Å². The lowest BCUT2D eigenvalue weighted by Gasteiger charge is -2.07. The summed E-state index contributed by atoms with van der Waals surface area (Å²) in [5, 5.41) is 4.02. The van der Waals surface area contributed by atoms with Crippen LogP contribution < -0.4 is 4.74 Å². The van der Waals surface area contributed by atoms with E-state index in [1.165, 1.54) is 0 Å². The molecule has 1 aromatic rings. The van der Waals surface area contributed by atoms with Crippen LogP contribution in [0.5, 0.6) is 5.75 Å². The molecule has 1 aliphatic rings. The van der Waals surface area contributed by atoms with Crippen LogP contribution in [0, 0.1) is 5.92 Å². The number of ketones is 1. The van der Waals surface area contributed by atoms with Crippen molar-refractivity contribution in [1.29, 1.82) is 0 Å². The van der Waals surface area contributed by atoms with Gasteiger partial charge in [0.1, 0.15) is 5.69 Å². The van der Waals surface area contributed by atoms with Crippen LogP contribution in [0.15, 0.2) is 6.20 Å². The van der Waals surface area contributed by atoms with Crippen LogP contribution in [-0.2, 0) is 11.8 Å². The van der Waals surface area contributed by atoms with Crippen molar-refractivity contribution in [2.75, 3.05) is 20.3 Å². The number of hydrogen-bond donors (Lipinski definition) is 0. The highest BCUT2D eigenvalue weighted by Crippen LogP contribution is 2.23. The molecule has 88 valence electrons. The molecule has 1 atom stereocenters. The Morgan fingerprint density at radius 1 is 1.75 bits per heavy atom. The number of aromatic nitrogens is 2. The van der Waals surface area contributed by atoms with Gasteiger partial charge in [-0.1, -0.05) is 0 Å². The van der Waals surface area contributed by atoms with Crippen LogP contribution in [-0.4, -0.2) is 35.9 Å². The molecule has 1 fully saturated rings. The summed E-state index contributed by atoms with van der Waals surface area (Å²) in [4.78, 5) is 12.1. The molecule has 1 aliphatic heterocycles. The van der Waals surface area contributed by atoms with E-state index in [1.54, 1.807) is 25.0 Å². The van der Waals surface area contributed by atoms with Gasteiger partial charge in [-0.05, 0) is 12.3 Å². The van der Waals surface area contributed by atoms with E-state index in [0.29, 0.717) is 30.4 Å². The standard InChI is InChI=1S/C11H16N2O3/c1-13-11(10(15-2)6-12-13)9(14)5-8-3-4-16-7-8/h6,8H,3-5,7H2,1-2H3. The Morgan fingerprint density at radius 3 is 3.19 bits per heavy atom. The highest BCUT2D eigenvalue weighted by atomic mass is 16.5. The minimum Gasteiger partial charge on any atom is -0.493 e. The average Bonchev–Trinajstić information content (AvgIpc) is 2.87. The molecule has 5 nitrogen and oxygen atoms in total. The number of ether oxygens (including phenoxy) is 2. The lowest BCUT2D eigenvalue weighted by atomic mass is 10.0. The number of methoxy groups -OCH3 is 1. The predicted octanol–water partition coefficient (Wildman–Crippen LogP) is 1.04. The monoisotopic (exact) mass is 224 g/mol. The normalized spacial score (nSPS) is 20.0. The number of hydrogen-bond acceptors (Lipinski definition) is 4. The number of carbonyl (C=O) groups is 1. The summed E-state index contributed by atoms with van der Waals surface area (Å²) in [7, 11) is 3.30. The molecule has 0 amide bonds. The van der Waals surface area contributed by atoms with Crippen LogP contribution in [0.4, 0.5) is 0 Å². The van der Waals surface area contributed by atoms with Crippen LogP contribution in [0.3, 0.4) is 0 Å². The van der Waals surface area contributed by atoms with Crippen LogP contribution in [0.1, 0.15) is 23.3 Å². The average molecular weight is 224 g/mol. The van der Waals surface area contributed by atoms with Crippen LogP contribution >= 0.6 is 0 Å². The van der Waals surface area contributed by atoms with E-state index in [-0.39, 0.29) is 5.78 Å². The summed E-state index contributed by atoms with van der Waals surface area (Å²) >= 11 is 0. The quantitative estimate of drug-likeness (QED) is 0.717. The van der Waals surface area contributed by atoms with Gasteiger partial charge in [-0.25, -0.2) is 0 Å². The molecule has 2 rings (SSSR count). The molecule has 0 radical (unpaired) electrons. The summed E-state index contributed by atoms with van der Waals surface area (Å²) in [5.74, 6) is 0.964. The summed E-state index contributed by atoms with van der Waals surface area (Å²) in [6.45, 7) is 1.45. The summed E-state index contributed by atoms with van der Waals surface area (Å²) in [5.41, 5.74) is 0.550.